The maximum Gasteiger partial charge on any atom is 0.223 e. The highest BCUT2D eigenvalue weighted by atomic mass is 19.1. The molecule has 1 aliphatic heterocycles. The van der Waals surface area contributed by atoms with Crippen LogP contribution in [0.5, 0.6) is 0 Å². The summed E-state index contributed by atoms with van der Waals surface area (Å²) in [5, 5.41) is 0.592. The molecule has 2 aliphatic rings. The van der Waals surface area contributed by atoms with E-state index < -0.39 is 0 Å². The summed E-state index contributed by atoms with van der Waals surface area (Å²) < 4.78 is 14.9. The number of amides is 1. The summed E-state index contributed by atoms with van der Waals surface area (Å²) in [5.74, 6) is 1.45. The minimum Gasteiger partial charge on any atom is -0.361 e. The van der Waals surface area contributed by atoms with Gasteiger partial charge in [-0.2, -0.15) is 0 Å². The van der Waals surface area contributed by atoms with Crippen molar-refractivity contribution < 1.29 is 9.18 Å². The van der Waals surface area contributed by atoms with E-state index in [1.165, 1.54) is 24.5 Å². The molecule has 5 atom stereocenters. The molecule has 1 amide bonds. The fourth-order valence-electron chi connectivity index (χ4n) is 6.63. The molecule has 1 aromatic heterocycles. The average molecular weight is 459 g/mol. The van der Waals surface area contributed by atoms with Gasteiger partial charge >= 0.3 is 0 Å². The Morgan fingerprint density at radius 1 is 1.15 bits per heavy atom. The normalized spacial score (nSPS) is 25.7. The van der Waals surface area contributed by atoms with Gasteiger partial charge in [0, 0.05) is 42.0 Å². The van der Waals surface area contributed by atoms with Crippen molar-refractivity contribution in [2.24, 2.45) is 17.8 Å². The molecule has 5 unspecified atom stereocenters. The first-order chi connectivity index (χ1) is 16.4. The molecule has 1 saturated carbocycles. The minimum atomic E-state index is -0.245. The Hall–Kier alpha value is -2.88. The summed E-state index contributed by atoms with van der Waals surface area (Å²) in [4.78, 5) is 19.3. The van der Waals surface area contributed by atoms with E-state index in [-0.39, 0.29) is 23.7 Å². The lowest BCUT2D eigenvalue weighted by atomic mass is 9.67. The van der Waals surface area contributed by atoms with Crippen LogP contribution in [0.1, 0.15) is 63.0 Å². The van der Waals surface area contributed by atoms with E-state index in [1.807, 2.05) is 30.5 Å². The second kappa shape index (κ2) is 9.40. The van der Waals surface area contributed by atoms with E-state index in [0.29, 0.717) is 29.6 Å². The number of aromatic amines is 1. The molecule has 4 heteroatoms. The van der Waals surface area contributed by atoms with Gasteiger partial charge in [-0.25, -0.2) is 4.39 Å². The summed E-state index contributed by atoms with van der Waals surface area (Å²) in [6.07, 6.45) is 6.63. The number of benzene rings is 2. The number of carbonyl (C=O) groups is 1. The minimum absolute atomic E-state index is 0.185. The maximum absolute atomic E-state index is 14.9. The first kappa shape index (κ1) is 22.9. The van der Waals surface area contributed by atoms with E-state index >= 15 is 0 Å². The van der Waals surface area contributed by atoms with Gasteiger partial charge in [-0.05, 0) is 73.6 Å². The highest BCUT2D eigenvalue weighted by Gasteiger charge is 2.43. The second-order valence-electron chi connectivity index (χ2n) is 10.6. The van der Waals surface area contributed by atoms with Gasteiger partial charge in [-0.15, -0.1) is 0 Å². The van der Waals surface area contributed by atoms with Crippen LogP contribution in [-0.4, -0.2) is 28.4 Å². The third-order valence-electron chi connectivity index (χ3n) is 8.32. The van der Waals surface area contributed by atoms with Crippen LogP contribution in [-0.2, 0) is 4.79 Å². The zero-order valence-electron chi connectivity index (χ0n) is 20.3. The number of likely N-dealkylation sites (tertiary alicyclic amines) is 1. The lowest BCUT2D eigenvalue weighted by molar-refractivity contribution is -0.139. The number of nitrogens with one attached hydrogen (secondary N) is 1. The predicted octanol–water partition coefficient (Wildman–Crippen LogP) is 7.06. The SMILES string of the molecule is C=C(C)C1CCN(C(=O)CC(c2ccccc2)c2c[nH]c3cccc(F)c23)C2CCC(C)CC12. The summed E-state index contributed by atoms with van der Waals surface area (Å²) in [7, 11) is 0. The van der Waals surface area contributed by atoms with Crippen LogP contribution < -0.4 is 0 Å². The molecule has 5 rings (SSSR count). The Labute approximate surface area is 202 Å². The Balaban J connectivity index is 1.47. The van der Waals surface area contributed by atoms with Gasteiger partial charge in [-0.3, -0.25) is 4.79 Å². The molecule has 0 spiro atoms. The third kappa shape index (κ3) is 4.19. The summed E-state index contributed by atoms with van der Waals surface area (Å²) in [6, 6.07) is 15.5. The molecule has 1 N–H and O–H groups in total. The molecule has 34 heavy (non-hydrogen) atoms. The molecule has 1 saturated heterocycles. The van der Waals surface area contributed by atoms with Gasteiger partial charge in [0.1, 0.15) is 5.82 Å². The number of fused-ring (bicyclic) bond motifs is 2. The van der Waals surface area contributed by atoms with Gasteiger partial charge in [0.05, 0.1) is 0 Å². The van der Waals surface area contributed by atoms with Crippen molar-refractivity contribution >= 4 is 16.8 Å². The van der Waals surface area contributed by atoms with Crippen LogP contribution in [0.15, 0.2) is 66.9 Å². The number of piperidine rings is 1. The summed E-state index contributed by atoms with van der Waals surface area (Å²) in [6.45, 7) is 9.55. The van der Waals surface area contributed by atoms with Crippen molar-refractivity contribution in [1.82, 2.24) is 9.88 Å². The van der Waals surface area contributed by atoms with Crippen molar-refractivity contribution in [1.29, 1.82) is 0 Å². The number of allylic oxidation sites excluding steroid dienone is 1. The van der Waals surface area contributed by atoms with Crippen molar-refractivity contribution in [3.05, 3.63) is 83.8 Å². The Morgan fingerprint density at radius 2 is 1.94 bits per heavy atom. The number of hydrogen-bond acceptors (Lipinski definition) is 1. The fourth-order valence-corrected chi connectivity index (χ4v) is 6.63. The predicted molar refractivity (Wildman–Crippen MR) is 136 cm³/mol. The molecule has 3 aromatic rings. The lowest BCUT2D eigenvalue weighted by Gasteiger charge is -2.50. The molecule has 2 fully saturated rings. The number of rotatable bonds is 5. The first-order valence-corrected chi connectivity index (χ1v) is 12.7. The van der Waals surface area contributed by atoms with Crippen molar-refractivity contribution in [3.63, 3.8) is 0 Å². The highest BCUT2D eigenvalue weighted by molar-refractivity contribution is 5.86. The van der Waals surface area contributed by atoms with E-state index in [4.69, 9.17) is 0 Å². The number of hydrogen-bond donors (Lipinski definition) is 1. The third-order valence-corrected chi connectivity index (χ3v) is 8.32. The van der Waals surface area contributed by atoms with Gasteiger partial charge in [0.2, 0.25) is 5.91 Å². The number of H-pyrrole nitrogens is 1. The molecule has 3 nitrogen and oxygen atoms in total. The van der Waals surface area contributed by atoms with Crippen molar-refractivity contribution in [2.45, 2.75) is 57.9 Å². The van der Waals surface area contributed by atoms with Gasteiger partial charge in [-0.1, -0.05) is 55.5 Å². The van der Waals surface area contributed by atoms with Gasteiger partial charge in [0.25, 0.3) is 0 Å². The molecule has 0 bridgehead atoms. The Morgan fingerprint density at radius 3 is 2.71 bits per heavy atom. The quantitative estimate of drug-likeness (QED) is 0.408. The number of aromatic nitrogens is 1. The molecule has 178 valence electrons. The molecular weight excluding hydrogens is 423 g/mol. The first-order valence-electron chi connectivity index (χ1n) is 12.7. The van der Waals surface area contributed by atoms with Crippen LogP contribution in [0.4, 0.5) is 4.39 Å². The van der Waals surface area contributed by atoms with E-state index in [2.05, 4.69) is 42.4 Å². The number of nitrogens with zero attached hydrogens (tertiary/aromatic N) is 1. The van der Waals surface area contributed by atoms with Crippen molar-refractivity contribution in [2.75, 3.05) is 6.54 Å². The zero-order valence-corrected chi connectivity index (χ0v) is 20.3. The summed E-state index contributed by atoms with van der Waals surface area (Å²) in [5.41, 5.74) is 3.93. The van der Waals surface area contributed by atoms with Crippen LogP contribution in [0, 0.1) is 23.6 Å². The Bertz CT molecular complexity index is 1180. The second-order valence-corrected chi connectivity index (χ2v) is 10.6. The van der Waals surface area contributed by atoms with Gasteiger partial charge < -0.3 is 9.88 Å². The maximum atomic E-state index is 14.9. The topological polar surface area (TPSA) is 36.1 Å². The highest BCUT2D eigenvalue weighted by Crippen LogP contribution is 2.44. The van der Waals surface area contributed by atoms with E-state index in [9.17, 15) is 9.18 Å². The zero-order chi connectivity index (χ0) is 23.8. The lowest BCUT2D eigenvalue weighted by Crippen LogP contribution is -2.54. The molecule has 2 aromatic carbocycles. The number of halogens is 1. The molecule has 0 radical (unpaired) electrons. The van der Waals surface area contributed by atoms with Crippen LogP contribution in [0.2, 0.25) is 0 Å². The monoisotopic (exact) mass is 458 g/mol. The standard InChI is InChI=1S/C30H35FN2O/c1-19(2)22-14-15-33(28-13-12-20(3)16-24(22)28)29(34)17-23(21-8-5-4-6-9-21)25-18-32-27-11-7-10-26(31)30(25)27/h4-11,18,20,22-24,28,32H,1,12-17H2,2-3H3. The molecular formula is C30H35FN2O. The number of carbonyl (C=O) groups excluding carboxylic acids is 1. The molecule has 2 heterocycles. The van der Waals surface area contributed by atoms with Crippen LogP contribution >= 0.6 is 0 Å². The Kier molecular flexibility index (Phi) is 6.33. The van der Waals surface area contributed by atoms with Crippen LogP contribution in [0.3, 0.4) is 0 Å². The smallest absolute Gasteiger partial charge is 0.223 e. The van der Waals surface area contributed by atoms with E-state index in [0.717, 1.165) is 36.0 Å². The fraction of sp³-hybridized carbons (Fsp3) is 0.433. The largest absolute Gasteiger partial charge is 0.361 e. The van der Waals surface area contributed by atoms with E-state index in [1.54, 1.807) is 6.07 Å². The van der Waals surface area contributed by atoms with Crippen LogP contribution in [0.25, 0.3) is 10.9 Å². The van der Waals surface area contributed by atoms with Gasteiger partial charge in [0.15, 0.2) is 0 Å². The average Bonchev–Trinajstić information content (AvgIpc) is 3.27. The van der Waals surface area contributed by atoms with Crippen molar-refractivity contribution in [3.8, 4) is 0 Å². The summed E-state index contributed by atoms with van der Waals surface area (Å²) >= 11 is 0. The molecule has 1 aliphatic carbocycles.